The molecule has 1 amide bonds. The Bertz CT molecular complexity index is 812. The first-order valence-corrected chi connectivity index (χ1v) is 10.4. The van der Waals surface area contributed by atoms with E-state index in [0.717, 1.165) is 63.9 Å². The largest absolute Gasteiger partial charge is 0.378 e. The number of aryl methyl sites for hydroxylation is 1. The van der Waals surface area contributed by atoms with Crippen molar-refractivity contribution in [3.8, 4) is 0 Å². The summed E-state index contributed by atoms with van der Waals surface area (Å²) in [7, 11) is 0. The Morgan fingerprint density at radius 3 is 2.45 bits per heavy atom. The first kappa shape index (κ1) is 19.6. The lowest BCUT2D eigenvalue weighted by Crippen LogP contribution is -2.40. The van der Waals surface area contributed by atoms with E-state index in [1.807, 2.05) is 24.5 Å². The molecular weight excluding hydrogens is 366 g/mol. The molecule has 0 unspecified atom stereocenters. The molecule has 154 valence electrons. The maximum absolute atomic E-state index is 12.6. The third-order valence-electron chi connectivity index (χ3n) is 5.86. The molecule has 0 saturated carbocycles. The third-order valence-corrected chi connectivity index (χ3v) is 5.86. The van der Waals surface area contributed by atoms with E-state index in [4.69, 9.17) is 4.74 Å². The summed E-state index contributed by atoms with van der Waals surface area (Å²) in [6.45, 7) is 7.50. The Labute approximate surface area is 172 Å². The zero-order chi connectivity index (χ0) is 20.1. The molecule has 0 spiro atoms. The minimum absolute atomic E-state index is 0.0730. The summed E-state index contributed by atoms with van der Waals surface area (Å²) in [4.78, 5) is 26.1. The zero-order valence-corrected chi connectivity index (χ0v) is 17.0. The van der Waals surface area contributed by atoms with Gasteiger partial charge in [-0.15, -0.1) is 0 Å². The van der Waals surface area contributed by atoms with E-state index in [9.17, 15) is 4.79 Å². The fraction of sp³-hybridized carbons (Fsp3) is 0.500. The summed E-state index contributed by atoms with van der Waals surface area (Å²) in [5.74, 6) is 0.998. The Kier molecular flexibility index (Phi) is 6.24. The van der Waals surface area contributed by atoms with Gasteiger partial charge in [-0.2, -0.15) is 0 Å². The number of carbonyl (C=O) groups is 1. The average Bonchev–Trinajstić information content (AvgIpc) is 2.79. The molecule has 2 saturated heterocycles. The molecule has 2 aromatic rings. The highest BCUT2D eigenvalue weighted by Gasteiger charge is 2.25. The van der Waals surface area contributed by atoms with Crippen molar-refractivity contribution in [1.29, 1.82) is 0 Å². The Balaban J connectivity index is 1.26. The van der Waals surface area contributed by atoms with Crippen LogP contribution in [-0.2, 0) is 16.1 Å². The Morgan fingerprint density at radius 2 is 1.76 bits per heavy atom. The second kappa shape index (κ2) is 9.22. The molecule has 4 rings (SSSR count). The highest BCUT2D eigenvalue weighted by molar-refractivity contribution is 5.79. The van der Waals surface area contributed by atoms with E-state index in [-0.39, 0.29) is 11.8 Å². The monoisotopic (exact) mass is 395 g/mol. The molecular formula is C22H29N5O2. The molecule has 1 aromatic carbocycles. The van der Waals surface area contributed by atoms with Crippen LogP contribution in [0.4, 0.5) is 11.6 Å². The summed E-state index contributed by atoms with van der Waals surface area (Å²) in [5.41, 5.74) is 3.42. The van der Waals surface area contributed by atoms with Crippen LogP contribution in [0.25, 0.3) is 0 Å². The summed E-state index contributed by atoms with van der Waals surface area (Å²) < 4.78 is 5.38. The second-order valence-electron chi connectivity index (χ2n) is 7.75. The highest BCUT2D eigenvalue weighted by atomic mass is 16.5. The fourth-order valence-electron chi connectivity index (χ4n) is 3.94. The molecule has 1 N–H and O–H groups in total. The van der Waals surface area contributed by atoms with Crippen LogP contribution in [0.5, 0.6) is 0 Å². The molecule has 3 heterocycles. The van der Waals surface area contributed by atoms with E-state index in [1.165, 1.54) is 11.1 Å². The highest BCUT2D eigenvalue weighted by Crippen LogP contribution is 2.23. The van der Waals surface area contributed by atoms with Gasteiger partial charge < -0.3 is 19.9 Å². The number of benzene rings is 1. The number of hydrogen-bond donors (Lipinski definition) is 1. The van der Waals surface area contributed by atoms with Crippen molar-refractivity contribution >= 4 is 17.5 Å². The third kappa shape index (κ3) is 4.85. The molecule has 0 bridgehead atoms. The van der Waals surface area contributed by atoms with Crippen molar-refractivity contribution in [3.05, 3.63) is 47.8 Å². The van der Waals surface area contributed by atoms with Gasteiger partial charge in [-0.05, 0) is 30.9 Å². The van der Waals surface area contributed by atoms with Gasteiger partial charge in [0.05, 0.1) is 31.3 Å². The van der Waals surface area contributed by atoms with Crippen LogP contribution in [0.15, 0.2) is 36.7 Å². The van der Waals surface area contributed by atoms with Crippen LogP contribution < -0.4 is 15.1 Å². The topological polar surface area (TPSA) is 70.6 Å². The summed E-state index contributed by atoms with van der Waals surface area (Å²) >= 11 is 0. The maximum Gasteiger partial charge on any atom is 0.225 e. The van der Waals surface area contributed by atoms with Crippen LogP contribution >= 0.6 is 0 Å². The second-order valence-corrected chi connectivity index (χ2v) is 7.75. The molecule has 7 heteroatoms. The number of carbonyl (C=O) groups excluding carboxylic acids is 1. The van der Waals surface area contributed by atoms with Crippen LogP contribution in [0.1, 0.15) is 24.0 Å². The smallest absolute Gasteiger partial charge is 0.225 e. The van der Waals surface area contributed by atoms with Gasteiger partial charge in [0.15, 0.2) is 0 Å². The number of piperidine rings is 1. The Hall–Kier alpha value is -2.67. The van der Waals surface area contributed by atoms with Gasteiger partial charge in [0, 0.05) is 38.6 Å². The zero-order valence-electron chi connectivity index (χ0n) is 17.0. The molecule has 0 atom stereocenters. The molecule has 2 fully saturated rings. The average molecular weight is 396 g/mol. The standard InChI is InChI=1S/C22H29N5O2/c1-17-4-2-3-5-19(17)14-23-21(28)18-6-8-26(9-7-18)20-15-24-22(25-16-20)27-10-12-29-13-11-27/h2-5,15-16,18H,6-14H2,1H3,(H,23,28). The minimum Gasteiger partial charge on any atom is -0.378 e. The molecule has 0 aliphatic carbocycles. The lowest BCUT2D eigenvalue weighted by molar-refractivity contribution is -0.125. The van der Waals surface area contributed by atoms with Gasteiger partial charge in [-0.1, -0.05) is 24.3 Å². The van der Waals surface area contributed by atoms with Crippen molar-refractivity contribution < 1.29 is 9.53 Å². The van der Waals surface area contributed by atoms with Gasteiger partial charge >= 0.3 is 0 Å². The van der Waals surface area contributed by atoms with Gasteiger partial charge in [0.2, 0.25) is 11.9 Å². The number of anilines is 2. The fourth-order valence-corrected chi connectivity index (χ4v) is 3.94. The maximum atomic E-state index is 12.6. The predicted octanol–water partition coefficient (Wildman–Crippen LogP) is 2.15. The van der Waals surface area contributed by atoms with Crippen LogP contribution in [0.3, 0.4) is 0 Å². The van der Waals surface area contributed by atoms with Crippen molar-refractivity contribution in [3.63, 3.8) is 0 Å². The van der Waals surface area contributed by atoms with Crippen molar-refractivity contribution in [2.45, 2.75) is 26.3 Å². The number of morpholine rings is 1. The van der Waals surface area contributed by atoms with Crippen LogP contribution in [0, 0.1) is 12.8 Å². The molecule has 29 heavy (non-hydrogen) atoms. The van der Waals surface area contributed by atoms with Crippen LogP contribution in [0.2, 0.25) is 0 Å². The number of hydrogen-bond acceptors (Lipinski definition) is 6. The molecule has 1 aromatic heterocycles. The summed E-state index contributed by atoms with van der Waals surface area (Å²) in [6, 6.07) is 8.18. The lowest BCUT2D eigenvalue weighted by atomic mass is 9.95. The molecule has 7 nitrogen and oxygen atoms in total. The molecule has 2 aliphatic rings. The molecule has 0 radical (unpaired) electrons. The van der Waals surface area contributed by atoms with E-state index >= 15 is 0 Å². The lowest BCUT2D eigenvalue weighted by Gasteiger charge is -2.33. The quantitative estimate of drug-likeness (QED) is 0.837. The molecule has 2 aliphatic heterocycles. The predicted molar refractivity (Wildman–Crippen MR) is 113 cm³/mol. The Morgan fingerprint density at radius 1 is 1.07 bits per heavy atom. The number of nitrogens with one attached hydrogen (secondary N) is 1. The number of nitrogens with zero attached hydrogens (tertiary/aromatic N) is 4. The number of ether oxygens (including phenoxy) is 1. The first-order valence-electron chi connectivity index (χ1n) is 10.4. The van der Waals surface area contributed by atoms with Gasteiger partial charge in [-0.3, -0.25) is 4.79 Å². The van der Waals surface area contributed by atoms with E-state index in [0.29, 0.717) is 6.54 Å². The van der Waals surface area contributed by atoms with E-state index in [1.54, 1.807) is 0 Å². The number of aromatic nitrogens is 2. The summed E-state index contributed by atoms with van der Waals surface area (Å²) in [6.07, 6.45) is 5.50. The van der Waals surface area contributed by atoms with E-state index in [2.05, 4.69) is 44.1 Å². The number of rotatable bonds is 5. The van der Waals surface area contributed by atoms with Crippen LogP contribution in [-0.4, -0.2) is 55.3 Å². The van der Waals surface area contributed by atoms with E-state index < -0.39 is 0 Å². The SMILES string of the molecule is Cc1ccccc1CNC(=O)C1CCN(c2cnc(N3CCOCC3)nc2)CC1. The van der Waals surface area contributed by atoms with Gasteiger partial charge in [0.25, 0.3) is 0 Å². The summed E-state index contributed by atoms with van der Waals surface area (Å²) in [5, 5.41) is 3.11. The number of amides is 1. The first-order chi connectivity index (χ1) is 14.2. The van der Waals surface area contributed by atoms with Gasteiger partial charge in [0.1, 0.15) is 0 Å². The normalized spacial score (nSPS) is 18.0. The van der Waals surface area contributed by atoms with Crippen molar-refractivity contribution in [2.75, 3.05) is 49.2 Å². The van der Waals surface area contributed by atoms with Crippen molar-refractivity contribution in [2.24, 2.45) is 5.92 Å². The van der Waals surface area contributed by atoms with Gasteiger partial charge in [-0.25, -0.2) is 9.97 Å². The van der Waals surface area contributed by atoms with Crippen molar-refractivity contribution in [1.82, 2.24) is 15.3 Å². The minimum atomic E-state index is 0.0730.